The number of fused-ring (bicyclic) bond motifs is 1. The third kappa shape index (κ3) is 20.0. The number of aryl methyl sites for hydroxylation is 3. The summed E-state index contributed by atoms with van der Waals surface area (Å²) in [5, 5.41) is 14.1. The van der Waals surface area contributed by atoms with Gasteiger partial charge in [-0.05, 0) is 114 Å². The monoisotopic (exact) mass is 619 g/mol. The van der Waals surface area contributed by atoms with Gasteiger partial charge in [0.05, 0.1) is 23.4 Å². The molecule has 3 nitrogen and oxygen atoms in total. The fourth-order valence-corrected chi connectivity index (χ4v) is 3.19. The molecular formula is C40H59F2N3. The maximum Gasteiger partial charge on any atom is 0.126 e. The molecular weight excluding hydrogens is 560 g/mol. The third-order valence-corrected chi connectivity index (χ3v) is 5.92. The number of aromatic nitrogens is 2. The molecule has 1 unspecified atom stereocenters. The smallest absolute Gasteiger partial charge is 0.126 e. The summed E-state index contributed by atoms with van der Waals surface area (Å²) >= 11 is 0. The van der Waals surface area contributed by atoms with E-state index >= 15 is 0 Å². The number of hydrogen-bond acceptors (Lipinski definition) is 2. The number of nitrogens with zero attached hydrogens (tertiary/aromatic N) is 3. The summed E-state index contributed by atoms with van der Waals surface area (Å²) in [7, 11) is 0. The van der Waals surface area contributed by atoms with E-state index in [2.05, 4.69) is 91.8 Å². The third-order valence-electron chi connectivity index (χ3n) is 5.92. The van der Waals surface area contributed by atoms with Gasteiger partial charge in [-0.1, -0.05) is 83.5 Å². The van der Waals surface area contributed by atoms with Gasteiger partial charge >= 0.3 is 0 Å². The molecule has 0 saturated heterocycles. The van der Waals surface area contributed by atoms with E-state index in [0.717, 1.165) is 29.7 Å². The van der Waals surface area contributed by atoms with Crippen LogP contribution in [0.25, 0.3) is 10.9 Å². The highest BCUT2D eigenvalue weighted by Crippen LogP contribution is 2.20. The minimum atomic E-state index is -0.437. The second-order valence-corrected chi connectivity index (χ2v) is 13.3. The van der Waals surface area contributed by atoms with E-state index in [9.17, 15) is 8.78 Å². The molecule has 1 atom stereocenters. The second kappa shape index (κ2) is 21.8. The molecule has 45 heavy (non-hydrogen) atoms. The van der Waals surface area contributed by atoms with E-state index < -0.39 is 5.83 Å². The van der Waals surface area contributed by atoms with Crippen molar-refractivity contribution in [3.8, 4) is 6.07 Å². The van der Waals surface area contributed by atoms with Crippen molar-refractivity contribution >= 4 is 10.9 Å². The average Bonchev–Trinajstić information content (AvgIpc) is 3.36. The lowest BCUT2D eigenvalue weighted by molar-refractivity contribution is 0.469. The van der Waals surface area contributed by atoms with Gasteiger partial charge in [0.15, 0.2) is 0 Å². The minimum absolute atomic E-state index is 0.0900. The van der Waals surface area contributed by atoms with Gasteiger partial charge in [0.2, 0.25) is 0 Å². The fraction of sp³-hybridized carbons (Fsp3) is 0.450. The van der Waals surface area contributed by atoms with Crippen LogP contribution in [-0.4, -0.2) is 9.78 Å². The first-order valence-corrected chi connectivity index (χ1v) is 15.6. The summed E-state index contributed by atoms with van der Waals surface area (Å²) in [6.45, 7) is 35.9. The van der Waals surface area contributed by atoms with Crippen LogP contribution in [0.2, 0.25) is 0 Å². The van der Waals surface area contributed by atoms with Crippen LogP contribution in [0.5, 0.6) is 0 Å². The molecule has 0 saturated carbocycles. The van der Waals surface area contributed by atoms with Crippen LogP contribution in [0.4, 0.5) is 8.78 Å². The first-order valence-electron chi connectivity index (χ1n) is 15.6. The molecule has 0 amide bonds. The van der Waals surface area contributed by atoms with Gasteiger partial charge in [0.1, 0.15) is 11.6 Å². The molecule has 3 rings (SSSR count). The van der Waals surface area contributed by atoms with Crippen molar-refractivity contribution in [2.75, 3.05) is 0 Å². The Labute approximate surface area is 274 Å². The average molecular weight is 620 g/mol. The van der Waals surface area contributed by atoms with Crippen LogP contribution < -0.4 is 0 Å². The van der Waals surface area contributed by atoms with E-state index in [-0.39, 0.29) is 5.82 Å². The van der Waals surface area contributed by atoms with Gasteiger partial charge < -0.3 is 0 Å². The molecule has 0 N–H and O–H groups in total. The second-order valence-electron chi connectivity index (χ2n) is 13.3. The van der Waals surface area contributed by atoms with E-state index in [1.165, 1.54) is 28.1 Å². The van der Waals surface area contributed by atoms with Crippen molar-refractivity contribution < 1.29 is 8.78 Å². The van der Waals surface area contributed by atoms with Crippen LogP contribution in [0, 0.1) is 36.4 Å². The van der Waals surface area contributed by atoms with Gasteiger partial charge in [0.25, 0.3) is 0 Å². The number of rotatable bonds is 5. The zero-order chi connectivity index (χ0) is 35.5. The number of hydrogen-bond donors (Lipinski definition) is 0. The molecule has 2 aromatic carbocycles. The van der Waals surface area contributed by atoms with Gasteiger partial charge in [-0.25, -0.2) is 8.78 Å². The molecule has 0 fully saturated rings. The summed E-state index contributed by atoms with van der Waals surface area (Å²) in [5.74, 6) is -0.0688. The van der Waals surface area contributed by atoms with Crippen LogP contribution >= 0.6 is 0 Å². The summed E-state index contributed by atoms with van der Waals surface area (Å²) in [5.41, 5.74) is 7.51. The van der Waals surface area contributed by atoms with Crippen molar-refractivity contribution in [3.05, 3.63) is 112 Å². The lowest BCUT2D eigenvalue weighted by Gasteiger charge is -2.09. The highest BCUT2D eigenvalue weighted by Gasteiger charge is 2.05. The van der Waals surface area contributed by atoms with Crippen LogP contribution in [0.15, 0.2) is 89.9 Å². The molecule has 0 aliphatic carbocycles. The Hall–Kier alpha value is -3.78. The maximum atomic E-state index is 13.1. The molecule has 0 radical (unpaired) electrons. The topological polar surface area (TPSA) is 41.6 Å². The lowest BCUT2D eigenvalue weighted by atomic mass is 9.98. The predicted octanol–water partition coefficient (Wildman–Crippen LogP) is 12.9. The molecule has 1 aromatic heterocycles. The molecule has 0 bridgehead atoms. The SMILES string of the molecule is C=C(C)/C(F)=C\C(C#N)=C(C)C.C=C(C)C.CC(C)(C)C.CCC(C)c1ccc(C)c(F)c1.CCn1ncc2c(C)cccc21. The van der Waals surface area contributed by atoms with E-state index in [0.29, 0.717) is 22.5 Å². The van der Waals surface area contributed by atoms with Crippen LogP contribution in [0.3, 0.4) is 0 Å². The zero-order valence-corrected chi connectivity index (χ0v) is 30.6. The Bertz CT molecular complexity index is 1440. The van der Waals surface area contributed by atoms with Crippen LogP contribution in [0.1, 0.15) is 112 Å². The van der Waals surface area contributed by atoms with Gasteiger partial charge in [0, 0.05) is 11.9 Å². The molecule has 3 aromatic rings. The number of allylic oxidation sites excluding steroid dienone is 6. The van der Waals surface area contributed by atoms with Gasteiger partial charge in [-0.15, -0.1) is 6.58 Å². The zero-order valence-electron chi connectivity index (χ0n) is 30.6. The number of benzene rings is 2. The maximum absolute atomic E-state index is 13.1. The van der Waals surface area contributed by atoms with Crippen molar-refractivity contribution in [1.29, 1.82) is 5.26 Å². The Morgan fingerprint density at radius 3 is 1.93 bits per heavy atom. The molecule has 248 valence electrons. The molecule has 0 spiro atoms. The van der Waals surface area contributed by atoms with E-state index in [4.69, 9.17) is 5.26 Å². The summed E-state index contributed by atoms with van der Waals surface area (Å²) in [6.07, 6.45) is 4.20. The van der Waals surface area contributed by atoms with Crippen LogP contribution in [-0.2, 0) is 6.54 Å². The normalized spacial score (nSPS) is 11.0. The van der Waals surface area contributed by atoms with Crippen molar-refractivity contribution in [1.82, 2.24) is 9.78 Å². The van der Waals surface area contributed by atoms with Crippen molar-refractivity contribution in [3.63, 3.8) is 0 Å². The Morgan fingerprint density at radius 2 is 1.53 bits per heavy atom. The highest BCUT2D eigenvalue weighted by atomic mass is 19.1. The summed E-state index contributed by atoms with van der Waals surface area (Å²) < 4.78 is 28.0. The molecule has 0 aliphatic heterocycles. The quantitative estimate of drug-likeness (QED) is 0.162. The Balaban J connectivity index is 0. The summed E-state index contributed by atoms with van der Waals surface area (Å²) in [4.78, 5) is 0. The minimum Gasteiger partial charge on any atom is -0.265 e. The first-order chi connectivity index (χ1) is 20.7. The molecule has 1 heterocycles. The standard InChI is InChI=1S/C11H15F.C10H12FN.C10H12N2.C5H12.C4H8/c1-4-8(2)10-6-5-9(3)11(12)7-10;1-7(2)9(6-12)5-10(11)8(3)4;1-3-12-10-6-4-5-8(2)9(10)7-11-12;1-5(2,3)4;1-4(2)3/h5-8H,4H2,1-3H3;5H,3H2,1-2,4H3;4-7H,3H2,1-2H3;1-4H3;1H2,2-3H3/b;10-5+;;;. The van der Waals surface area contributed by atoms with Gasteiger partial charge in [-0.3, -0.25) is 4.68 Å². The Morgan fingerprint density at radius 1 is 1.00 bits per heavy atom. The number of halogens is 2. The molecule has 0 aliphatic rings. The first kappa shape index (κ1) is 43.3. The predicted molar refractivity (Wildman–Crippen MR) is 194 cm³/mol. The van der Waals surface area contributed by atoms with E-state index in [1.807, 2.05) is 42.9 Å². The fourth-order valence-electron chi connectivity index (χ4n) is 3.19. The largest absolute Gasteiger partial charge is 0.265 e. The number of nitriles is 1. The summed E-state index contributed by atoms with van der Waals surface area (Å²) in [6, 6.07) is 13.7. The lowest BCUT2D eigenvalue weighted by Crippen LogP contribution is -1.94. The highest BCUT2D eigenvalue weighted by molar-refractivity contribution is 5.81. The Kier molecular flexibility index (Phi) is 21.0. The van der Waals surface area contributed by atoms with Gasteiger partial charge in [-0.2, -0.15) is 10.4 Å². The van der Waals surface area contributed by atoms with Crippen molar-refractivity contribution in [2.45, 2.75) is 116 Å². The van der Waals surface area contributed by atoms with Crippen molar-refractivity contribution in [2.24, 2.45) is 5.41 Å². The van der Waals surface area contributed by atoms with E-state index in [1.54, 1.807) is 33.8 Å². The molecule has 5 heteroatoms.